The van der Waals surface area contributed by atoms with Gasteiger partial charge < -0.3 is 10.1 Å². The third-order valence-corrected chi connectivity index (χ3v) is 5.37. The number of amides is 1. The van der Waals surface area contributed by atoms with Crippen LogP contribution in [-0.4, -0.2) is 44.8 Å². The molecule has 1 amide bonds. The third kappa shape index (κ3) is 3.98. The van der Waals surface area contributed by atoms with E-state index in [0.717, 1.165) is 4.31 Å². The average molecular weight is 379 g/mol. The maximum atomic E-state index is 12.3. The van der Waals surface area contributed by atoms with Gasteiger partial charge in [-0.25, -0.2) is 12.7 Å². The van der Waals surface area contributed by atoms with Crippen LogP contribution < -0.4 is 10.1 Å². The van der Waals surface area contributed by atoms with Gasteiger partial charge in [0.1, 0.15) is 11.4 Å². The molecule has 0 atom stereocenters. The van der Waals surface area contributed by atoms with Crippen molar-refractivity contribution in [3.8, 4) is 5.75 Å². The molecule has 2 aromatic rings. The summed E-state index contributed by atoms with van der Waals surface area (Å²) >= 11 is 0. The van der Waals surface area contributed by atoms with Crippen LogP contribution in [0.15, 0.2) is 47.4 Å². The van der Waals surface area contributed by atoms with Gasteiger partial charge in [0.25, 0.3) is 11.6 Å². The zero-order valence-corrected chi connectivity index (χ0v) is 15.1. The lowest BCUT2D eigenvalue weighted by molar-refractivity contribution is -0.384. The lowest BCUT2D eigenvalue weighted by atomic mass is 10.2. The molecule has 9 nitrogen and oxygen atoms in total. The van der Waals surface area contributed by atoms with Crippen LogP contribution in [0.3, 0.4) is 0 Å². The van der Waals surface area contributed by atoms with Crippen molar-refractivity contribution in [3.05, 3.63) is 58.1 Å². The summed E-state index contributed by atoms with van der Waals surface area (Å²) in [5.41, 5.74) is -0.150. The largest absolute Gasteiger partial charge is 0.496 e. The van der Waals surface area contributed by atoms with Crippen LogP contribution >= 0.6 is 0 Å². The highest BCUT2D eigenvalue weighted by atomic mass is 32.2. The number of carbonyl (C=O) groups excluding carboxylic acids is 1. The van der Waals surface area contributed by atoms with Crippen LogP contribution in [0.2, 0.25) is 0 Å². The molecule has 0 saturated heterocycles. The highest BCUT2D eigenvalue weighted by molar-refractivity contribution is 7.89. The van der Waals surface area contributed by atoms with Crippen molar-refractivity contribution >= 4 is 27.3 Å². The summed E-state index contributed by atoms with van der Waals surface area (Å²) in [5, 5.41) is 13.6. The van der Waals surface area contributed by atoms with Crippen LogP contribution in [0.25, 0.3) is 0 Å². The predicted octanol–water partition coefficient (Wildman–Crippen LogP) is 2.11. The Hall–Kier alpha value is -2.98. The lowest BCUT2D eigenvalue weighted by Gasteiger charge is -2.12. The zero-order valence-electron chi connectivity index (χ0n) is 14.3. The molecule has 0 unspecified atom stereocenters. The van der Waals surface area contributed by atoms with Gasteiger partial charge in [0, 0.05) is 19.7 Å². The maximum absolute atomic E-state index is 12.3. The molecule has 1 N–H and O–H groups in total. The number of rotatable bonds is 6. The Balaban J connectivity index is 2.27. The number of hydrogen-bond donors (Lipinski definition) is 1. The number of nitro benzene ring substituents is 1. The second-order valence-corrected chi connectivity index (χ2v) is 7.56. The minimum Gasteiger partial charge on any atom is -0.496 e. The average Bonchev–Trinajstić information content (AvgIpc) is 2.61. The first-order valence-electron chi connectivity index (χ1n) is 7.33. The first kappa shape index (κ1) is 19.3. The molecule has 0 aliphatic carbocycles. The smallest absolute Gasteiger partial charge is 0.296 e. The Morgan fingerprint density at radius 2 is 1.77 bits per heavy atom. The van der Waals surface area contributed by atoms with E-state index in [2.05, 4.69) is 5.32 Å². The number of hydrogen-bond acceptors (Lipinski definition) is 6. The van der Waals surface area contributed by atoms with Crippen molar-refractivity contribution in [1.29, 1.82) is 0 Å². The molecule has 138 valence electrons. The fourth-order valence-corrected chi connectivity index (χ4v) is 2.98. The van der Waals surface area contributed by atoms with Gasteiger partial charge in [0.05, 0.1) is 23.0 Å². The number of ether oxygens (including phenoxy) is 1. The Morgan fingerprint density at radius 3 is 2.27 bits per heavy atom. The number of nitro groups is 1. The summed E-state index contributed by atoms with van der Waals surface area (Å²) in [6.07, 6.45) is 0. The van der Waals surface area contributed by atoms with Gasteiger partial charge in [-0.05, 0) is 36.4 Å². The van der Waals surface area contributed by atoms with Gasteiger partial charge in [-0.15, -0.1) is 0 Å². The maximum Gasteiger partial charge on any atom is 0.296 e. The molecule has 0 fully saturated rings. The third-order valence-electron chi connectivity index (χ3n) is 3.54. The number of benzene rings is 2. The SMILES string of the molecule is COc1ccc(NC(=O)c2ccc(S(=O)(=O)N(C)C)cc2)c([N+](=O)[O-])c1. The summed E-state index contributed by atoms with van der Waals surface area (Å²) in [5.74, 6) is -0.319. The molecular formula is C16H17N3O6S. The van der Waals surface area contributed by atoms with E-state index in [4.69, 9.17) is 4.74 Å². The Kier molecular flexibility index (Phi) is 5.58. The van der Waals surface area contributed by atoms with Gasteiger partial charge in [-0.3, -0.25) is 14.9 Å². The Labute approximate surface area is 150 Å². The van der Waals surface area contributed by atoms with Crippen molar-refractivity contribution in [2.24, 2.45) is 0 Å². The van der Waals surface area contributed by atoms with Crippen molar-refractivity contribution < 1.29 is 22.9 Å². The first-order chi connectivity index (χ1) is 12.2. The van der Waals surface area contributed by atoms with E-state index < -0.39 is 20.9 Å². The number of sulfonamides is 1. The molecule has 2 aromatic carbocycles. The van der Waals surface area contributed by atoms with Crippen molar-refractivity contribution in [2.45, 2.75) is 4.90 Å². The van der Waals surface area contributed by atoms with Crippen molar-refractivity contribution in [2.75, 3.05) is 26.5 Å². The second kappa shape index (κ2) is 7.50. The number of nitrogens with one attached hydrogen (secondary N) is 1. The van der Waals surface area contributed by atoms with Crippen LogP contribution in [-0.2, 0) is 10.0 Å². The molecule has 0 heterocycles. The molecule has 0 aliphatic heterocycles. The van der Waals surface area contributed by atoms with Gasteiger partial charge in [-0.1, -0.05) is 0 Å². The quantitative estimate of drug-likeness (QED) is 0.606. The van der Waals surface area contributed by atoms with E-state index in [1.807, 2.05) is 0 Å². The molecule has 0 bridgehead atoms. The van der Waals surface area contributed by atoms with Gasteiger partial charge in [0.2, 0.25) is 10.0 Å². The number of anilines is 1. The van der Waals surface area contributed by atoms with Crippen molar-refractivity contribution in [3.63, 3.8) is 0 Å². The number of nitrogens with zero attached hydrogens (tertiary/aromatic N) is 2. The van der Waals surface area contributed by atoms with Crippen LogP contribution in [0.1, 0.15) is 10.4 Å². The fourth-order valence-electron chi connectivity index (χ4n) is 2.08. The standard InChI is InChI=1S/C16H17N3O6S/c1-18(2)26(23,24)13-7-4-11(5-8-13)16(20)17-14-9-6-12(25-3)10-15(14)19(21)22/h4-10H,1-3H3,(H,17,20). The summed E-state index contributed by atoms with van der Waals surface area (Å²) in [7, 11) is 0.573. The van der Waals surface area contributed by atoms with Crippen LogP contribution in [0.5, 0.6) is 5.75 Å². The number of carbonyl (C=O) groups is 1. The van der Waals surface area contributed by atoms with E-state index in [0.29, 0.717) is 0 Å². The molecule has 0 spiro atoms. The molecule has 0 saturated carbocycles. The Bertz CT molecular complexity index is 939. The molecule has 10 heteroatoms. The Morgan fingerprint density at radius 1 is 1.15 bits per heavy atom. The first-order valence-corrected chi connectivity index (χ1v) is 8.77. The monoisotopic (exact) mass is 379 g/mol. The fraction of sp³-hybridized carbons (Fsp3) is 0.188. The normalized spacial score (nSPS) is 11.2. The van der Waals surface area contributed by atoms with E-state index in [1.165, 1.54) is 63.7 Å². The van der Waals surface area contributed by atoms with Gasteiger partial charge >= 0.3 is 0 Å². The van der Waals surface area contributed by atoms with Gasteiger partial charge in [-0.2, -0.15) is 0 Å². The lowest BCUT2D eigenvalue weighted by Crippen LogP contribution is -2.22. The van der Waals surface area contributed by atoms with Crippen LogP contribution in [0.4, 0.5) is 11.4 Å². The zero-order chi connectivity index (χ0) is 19.5. The molecule has 26 heavy (non-hydrogen) atoms. The summed E-state index contributed by atoms with van der Waals surface area (Å²) in [4.78, 5) is 22.9. The van der Waals surface area contributed by atoms with Crippen molar-refractivity contribution in [1.82, 2.24) is 4.31 Å². The summed E-state index contributed by atoms with van der Waals surface area (Å²) in [6.45, 7) is 0. The summed E-state index contributed by atoms with van der Waals surface area (Å²) < 4.78 is 30.0. The summed E-state index contributed by atoms with van der Waals surface area (Å²) in [6, 6.07) is 9.30. The molecule has 0 aromatic heterocycles. The molecule has 0 radical (unpaired) electrons. The second-order valence-electron chi connectivity index (χ2n) is 5.41. The van der Waals surface area contributed by atoms with E-state index >= 15 is 0 Å². The highest BCUT2D eigenvalue weighted by Gasteiger charge is 2.20. The highest BCUT2D eigenvalue weighted by Crippen LogP contribution is 2.29. The van der Waals surface area contributed by atoms with E-state index in [1.54, 1.807) is 0 Å². The number of methoxy groups -OCH3 is 1. The molecular weight excluding hydrogens is 362 g/mol. The van der Waals surface area contributed by atoms with E-state index in [9.17, 15) is 23.3 Å². The molecule has 0 aliphatic rings. The topological polar surface area (TPSA) is 119 Å². The molecule has 2 rings (SSSR count). The van der Waals surface area contributed by atoms with Gasteiger partial charge in [0.15, 0.2) is 0 Å². The van der Waals surface area contributed by atoms with E-state index in [-0.39, 0.29) is 27.6 Å². The minimum atomic E-state index is -3.61. The van der Waals surface area contributed by atoms with Crippen LogP contribution in [0, 0.1) is 10.1 Å². The minimum absolute atomic E-state index is 0.00536. The predicted molar refractivity (Wildman–Crippen MR) is 94.9 cm³/mol.